The third-order valence-corrected chi connectivity index (χ3v) is 3.24. The van der Waals surface area contributed by atoms with Gasteiger partial charge < -0.3 is 9.88 Å². The van der Waals surface area contributed by atoms with Crippen molar-refractivity contribution < 1.29 is 4.39 Å². The highest BCUT2D eigenvalue weighted by molar-refractivity contribution is 9.10. The minimum Gasteiger partial charge on any atom is -0.333 e. The molecule has 19 heavy (non-hydrogen) atoms. The number of hydrogen-bond donors (Lipinski definition) is 1. The Morgan fingerprint density at radius 1 is 1.42 bits per heavy atom. The molecule has 102 valence electrons. The van der Waals surface area contributed by atoms with Gasteiger partial charge in [-0.05, 0) is 12.1 Å². The topological polar surface area (TPSA) is 29.9 Å². The predicted octanol–water partition coefficient (Wildman–Crippen LogP) is 3.33. The van der Waals surface area contributed by atoms with Gasteiger partial charge in [0.1, 0.15) is 5.82 Å². The molecule has 0 bridgehead atoms. The number of aromatic nitrogens is 2. The zero-order valence-electron chi connectivity index (χ0n) is 11.0. The molecule has 2 rings (SSSR count). The minimum absolute atomic E-state index is 0.204. The smallest absolute Gasteiger partial charge is 0.129 e. The molecule has 0 radical (unpaired) electrons. The Bertz CT molecular complexity index is 551. The molecular weight excluding hydrogens is 309 g/mol. The molecule has 0 saturated heterocycles. The zero-order chi connectivity index (χ0) is 13.8. The van der Waals surface area contributed by atoms with Crippen molar-refractivity contribution in [2.75, 3.05) is 0 Å². The van der Waals surface area contributed by atoms with Crippen molar-refractivity contribution >= 4 is 15.9 Å². The zero-order valence-corrected chi connectivity index (χ0v) is 12.6. The van der Waals surface area contributed by atoms with Gasteiger partial charge in [-0.3, -0.25) is 0 Å². The van der Waals surface area contributed by atoms with Crippen LogP contribution in [0.3, 0.4) is 0 Å². The predicted molar refractivity (Wildman–Crippen MR) is 77.4 cm³/mol. The lowest BCUT2D eigenvalue weighted by molar-refractivity contribution is 0.581. The molecular formula is C14H17BrFN3. The van der Waals surface area contributed by atoms with Crippen LogP contribution in [0.5, 0.6) is 0 Å². The van der Waals surface area contributed by atoms with E-state index in [1.54, 1.807) is 12.4 Å². The maximum Gasteiger partial charge on any atom is 0.129 e. The van der Waals surface area contributed by atoms with Crippen LogP contribution >= 0.6 is 15.9 Å². The molecule has 1 heterocycles. The second kappa shape index (κ2) is 6.30. The van der Waals surface area contributed by atoms with Crippen LogP contribution in [-0.2, 0) is 13.1 Å². The normalized spacial score (nSPS) is 11.2. The molecule has 0 aliphatic rings. The summed E-state index contributed by atoms with van der Waals surface area (Å²) in [4.78, 5) is 4.30. The third-order valence-electron chi connectivity index (χ3n) is 2.75. The van der Waals surface area contributed by atoms with E-state index in [1.165, 1.54) is 6.07 Å². The van der Waals surface area contributed by atoms with E-state index < -0.39 is 0 Å². The van der Waals surface area contributed by atoms with E-state index in [0.717, 1.165) is 16.7 Å². The van der Waals surface area contributed by atoms with Crippen molar-refractivity contribution in [3.63, 3.8) is 0 Å². The van der Waals surface area contributed by atoms with Gasteiger partial charge in [-0.25, -0.2) is 9.37 Å². The van der Waals surface area contributed by atoms with E-state index in [9.17, 15) is 4.39 Å². The molecule has 0 saturated carbocycles. The summed E-state index contributed by atoms with van der Waals surface area (Å²) in [6, 6.07) is 5.53. The van der Waals surface area contributed by atoms with Gasteiger partial charge in [0, 0.05) is 28.8 Å². The molecule has 0 spiro atoms. The lowest BCUT2D eigenvalue weighted by Crippen LogP contribution is -2.21. The van der Waals surface area contributed by atoms with Gasteiger partial charge in [-0.2, -0.15) is 0 Å². The van der Waals surface area contributed by atoms with Crippen LogP contribution in [-0.4, -0.2) is 15.6 Å². The number of imidazole rings is 1. The van der Waals surface area contributed by atoms with Gasteiger partial charge in [0.25, 0.3) is 0 Å². The van der Waals surface area contributed by atoms with E-state index in [2.05, 4.69) is 40.1 Å². The van der Waals surface area contributed by atoms with Crippen molar-refractivity contribution in [1.29, 1.82) is 0 Å². The maximum absolute atomic E-state index is 13.7. The number of nitrogens with one attached hydrogen (secondary N) is 1. The maximum atomic E-state index is 13.7. The average Bonchev–Trinajstić information content (AvgIpc) is 2.78. The number of hydrogen-bond acceptors (Lipinski definition) is 2. The highest BCUT2D eigenvalue weighted by Gasteiger charge is 2.05. The van der Waals surface area contributed by atoms with Crippen LogP contribution in [0.1, 0.15) is 25.1 Å². The first-order valence-electron chi connectivity index (χ1n) is 6.22. The first-order valence-corrected chi connectivity index (χ1v) is 7.02. The average molecular weight is 326 g/mol. The lowest BCUT2D eigenvalue weighted by atomic mass is 10.2. The van der Waals surface area contributed by atoms with Crippen LogP contribution in [0.4, 0.5) is 4.39 Å². The molecule has 2 aromatic rings. The van der Waals surface area contributed by atoms with E-state index in [0.29, 0.717) is 18.2 Å². The molecule has 0 unspecified atom stereocenters. The number of nitrogens with zero attached hydrogens (tertiary/aromatic N) is 2. The summed E-state index contributed by atoms with van der Waals surface area (Å²) in [6.07, 6.45) is 3.68. The van der Waals surface area contributed by atoms with E-state index in [-0.39, 0.29) is 5.82 Å². The summed E-state index contributed by atoms with van der Waals surface area (Å²) in [7, 11) is 0. The molecule has 0 aliphatic carbocycles. The highest BCUT2D eigenvalue weighted by atomic mass is 79.9. The fourth-order valence-corrected chi connectivity index (χ4v) is 2.07. The Labute approximate surface area is 121 Å². The molecule has 1 N–H and O–H groups in total. The molecule has 1 aromatic heterocycles. The first kappa shape index (κ1) is 14.2. The van der Waals surface area contributed by atoms with Crippen molar-refractivity contribution in [2.45, 2.75) is 33.0 Å². The molecule has 0 atom stereocenters. The van der Waals surface area contributed by atoms with Crippen LogP contribution in [0.2, 0.25) is 0 Å². The Morgan fingerprint density at radius 2 is 2.21 bits per heavy atom. The van der Waals surface area contributed by atoms with Gasteiger partial charge in [0.15, 0.2) is 0 Å². The fourth-order valence-electron chi connectivity index (χ4n) is 1.74. The van der Waals surface area contributed by atoms with Gasteiger partial charge in [-0.1, -0.05) is 35.8 Å². The second-order valence-corrected chi connectivity index (χ2v) is 5.72. The molecule has 1 aromatic carbocycles. The lowest BCUT2D eigenvalue weighted by Gasteiger charge is -2.06. The van der Waals surface area contributed by atoms with E-state index >= 15 is 0 Å². The van der Waals surface area contributed by atoms with Crippen molar-refractivity contribution in [1.82, 2.24) is 14.9 Å². The van der Waals surface area contributed by atoms with Crippen molar-refractivity contribution in [3.8, 4) is 0 Å². The number of benzene rings is 1. The van der Waals surface area contributed by atoms with Crippen LogP contribution in [0, 0.1) is 5.82 Å². The van der Waals surface area contributed by atoms with Gasteiger partial charge >= 0.3 is 0 Å². The minimum atomic E-state index is -0.204. The van der Waals surface area contributed by atoms with Gasteiger partial charge in [-0.15, -0.1) is 0 Å². The quantitative estimate of drug-likeness (QED) is 0.913. The van der Waals surface area contributed by atoms with Gasteiger partial charge in [0.05, 0.1) is 18.6 Å². The molecule has 0 amide bonds. The number of halogens is 2. The van der Waals surface area contributed by atoms with Crippen molar-refractivity contribution in [2.24, 2.45) is 0 Å². The standard InChI is InChI=1S/C14H17BrFN3/c1-10(2)17-6-13-8-19(9-18-13)7-11-3-4-12(15)5-14(11)16/h3-5,8-10,17H,6-7H2,1-2H3. The Hall–Kier alpha value is -1.20. The van der Waals surface area contributed by atoms with Gasteiger partial charge in [0.2, 0.25) is 0 Å². The summed E-state index contributed by atoms with van der Waals surface area (Å²) >= 11 is 3.25. The molecule has 0 aliphatic heterocycles. The Kier molecular flexibility index (Phi) is 4.71. The molecule has 3 nitrogen and oxygen atoms in total. The summed E-state index contributed by atoms with van der Waals surface area (Å²) in [5, 5.41) is 3.30. The molecule has 5 heteroatoms. The van der Waals surface area contributed by atoms with E-state index in [1.807, 2.05) is 16.8 Å². The number of rotatable bonds is 5. The summed E-state index contributed by atoms with van der Waals surface area (Å²) in [5.74, 6) is -0.204. The Morgan fingerprint density at radius 3 is 2.89 bits per heavy atom. The Balaban J connectivity index is 2.03. The fraction of sp³-hybridized carbons (Fsp3) is 0.357. The summed E-state index contributed by atoms with van der Waals surface area (Å²) in [6.45, 7) is 5.41. The van der Waals surface area contributed by atoms with Crippen LogP contribution in [0.25, 0.3) is 0 Å². The first-order chi connectivity index (χ1) is 9.04. The third kappa shape index (κ3) is 4.14. The van der Waals surface area contributed by atoms with Crippen LogP contribution < -0.4 is 5.32 Å². The van der Waals surface area contributed by atoms with Crippen molar-refractivity contribution in [3.05, 3.63) is 52.3 Å². The monoisotopic (exact) mass is 325 g/mol. The van der Waals surface area contributed by atoms with Crippen LogP contribution in [0.15, 0.2) is 35.2 Å². The summed E-state index contributed by atoms with van der Waals surface area (Å²) < 4.78 is 16.4. The largest absolute Gasteiger partial charge is 0.333 e. The second-order valence-electron chi connectivity index (χ2n) is 4.81. The molecule has 0 fully saturated rings. The SMILES string of the molecule is CC(C)NCc1cn(Cc2ccc(Br)cc2F)cn1. The van der Waals surface area contributed by atoms with E-state index in [4.69, 9.17) is 0 Å². The summed E-state index contributed by atoms with van der Waals surface area (Å²) in [5.41, 5.74) is 1.62. The highest BCUT2D eigenvalue weighted by Crippen LogP contribution is 2.16.